The molecular formula is C30H33N3O4. The zero-order chi connectivity index (χ0) is 25.9. The van der Waals surface area contributed by atoms with Gasteiger partial charge in [-0.15, -0.1) is 0 Å². The molecule has 0 aromatic heterocycles. The van der Waals surface area contributed by atoms with Gasteiger partial charge in [0.2, 0.25) is 0 Å². The highest BCUT2D eigenvalue weighted by atomic mass is 16.5. The molecule has 0 saturated carbocycles. The summed E-state index contributed by atoms with van der Waals surface area (Å²) < 4.78 is 5.77. The first-order valence-corrected chi connectivity index (χ1v) is 12.9. The van der Waals surface area contributed by atoms with Crippen molar-refractivity contribution in [3.63, 3.8) is 0 Å². The standard InChI is InChI=1S/C30H33N3O4/c1-3-37-28-15-24-23(18-33(30(24)36)19(2)20-9-5-4-6-10-20)13-25(28)29(35)32-17-27(34)26-14-21-11-7-8-12-22(21)16-31-26/h4-13,15,19,26-27,31,34H,3,14,16-18H2,1-2H3,(H,32,35)/t19?,26-,27+/m0/s1. The molecule has 3 atom stereocenters. The van der Waals surface area contributed by atoms with Crippen molar-refractivity contribution in [2.75, 3.05) is 13.2 Å². The molecular weight excluding hydrogens is 466 g/mol. The van der Waals surface area contributed by atoms with E-state index in [1.165, 1.54) is 11.1 Å². The Labute approximate surface area is 217 Å². The van der Waals surface area contributed by atoms with Crippen LogP contribution in [0.3, 0.4) is 0 Å². The smallest absolute Gasteiger partial charge is 0.255 e. The van der Waals surface area contributed by atoms with E-state index >= 15 is 0 Å². The van der Waals surface area contributed by atoms with Crippen LogP contribution >= 0.6 is 0 Å². The van der Waals surface area contributed by atoms with Gasteiger partial charge in [-0.05, 0) is 54.7 Å². The summed E-state index contributed by atoms with van der Waals surface area (Å²) in [6.07, 6.45) is -0.0422. The molecule has 7 heteroatoms. The minimum atomic E-state index is -0.744. The zero-order valence-electron chi connectivity index (χ0n) is 21.2. The number of carbonyl (C=O) groups is 2. The second kappa shape index (κ2) is 10.7. The molecule has 2 aliphatic heterocycles. The van der Waals surface area contributed by atoms with E-state index in [0.29, 0.717) is 43.0 Å². The Hall–Kier alpha value is -3.68. The number of nitrogens with zero attached hydrogens (tertiary/aromatic N) is 1. The molecule has 37 heavy (non-hydrogen) atoms. The number of ether oxygens (including phenoxy) is 1. The molecule has 3 N–H and O–H groups in total. The second-order valence-electron chi connectivity index (χ2n) is 9.70. The third-order valence-electron chi connectivity index (χ3n) is 7.38. The molecule has 0 aliphatic carbocycles. The number of rotatable bonds is 8. The molecule has 0 radical (unpaired) electrons. The summed E-state index contributed by atoms with van der Waals surface area (Å²) >= 11 is 0. The third-order valence-corrected chi connectivity index (χ3v) is 7.38. The fourth-order valence-corrected chi connectivity index (χ4v) is 5.23. The zero-order valence-corrected chi connectivity index (χ0v) is 21.2. The number of amides is 2. The quantitative estimate of drug-likeness (QED) is 0.441. The number of benzene rings is 3. The van der Waals surface area contributed by atoms with Gasteiger partial charge in [0.25, 0.3) is 11.8 Å². The van der Waals surface area contributed by atoms with E-state index in [9.17, 15) is 14.7 Å². The van der Waals surface area contributed by atoms with Gasteiger partial charge in [0.1, 0.15) is 5.75 Å². The number of aliphatic hydroxyl groups excluding tert-OH is 1. The highest BCUT2D eigenvalue weighted by Crippen LogP contribution is 2.35. The minimum absolute atomic E-state index is 0.0710. The Morgan fingerprint density at radius 2 is 1.84 bits per heavy atom. The van der Waals surface area contributed by atoms with Crippen LogP contribution < -0.4 is 15.4 Å². The van der Waals surface area contributed by atoms with Gasteiger partial charge in [0.05, 0.1) is 24.3 Å². The molecule has 2 aliphatic rings. The van der Waals surface area contributed by atoms with Gasteiger partial charge >= 0.3 is 0 Å². The predicted octanol–water partition coefficient (Wildman–Crippen LogP) is 3.61. The maximum atomic E-state index is 13.3. The first kappa shape index (κ1) is 25.0. The van der Waals surface area contributed by atoms with Gasteiger partial charge in [-0.1, -0.05) is 54.6 Å². The summed E-state index contributed by atoms with van der Waals surface area (Å²) in [7, 11) is 0. The maximum Gasteiger partial charge on any atom is 0.255 e. The van der Waals surface area contributed by atoms with Crippen molar-refractivity contribution in [3.8, 4) is 5.75 Å². The molecule has 0 saturated heterocycles. The highest BCUT2D eigenvalue weighted by Gasteiger charge is 2.34. The van der Waals surface area contributed by atoms with Gasteiger partial charge in [-0.2, -0.15) is 0 Å². The molecule has 1 unspecified atom stereocenters. The summed E-state index contributed by atoms with van der Waals surface area (Å²) in [4.78, 5) is 28.3. The topological polar surface area (TPSA) is 90.9 Å². The Balaban J connectivity index is 1.29. The molecule has 0 spiro atoms. The van der Waals surface area contributed by atoms with E-state index in [1.54, 1.807) is 12.1 Å². The van der Waals surface area contributed by atoms with Crippen LogP contribution in [-0.2, 0) is 19.5 Å². The van der Waals surface area contributed by atoms with Crippen molar-refractivity contribution >= 4 is 11.8 Å². The third kappa shape index (κ3) is 5.10. The van der Waals surface area contributed by atoms with Crippen molar-refractivity contribution in [3.05, 3.63) is 100 Å². The summed E-state index contributed by atoms with van der Waals surface area (Å²) in [6.45, 7) is 5.44. The minimum Gasteiger partial charge on any atom is -0.493 e. The van der Waals surface area contributed by atoms with Crippen LogP contribution in [0.15, 0.2) is 66.7 Å². The van der Waals surface area contributed by atoms with Crippen LogP contribution in [0.1, 0.15) is 62.9 Å². The second-order valence-corrected chi connectivity index (χ2v) is 9.70. The van der Waals surface area contributed by atoms with Gasteiger partial charge < -0.3 is 25.4 Å². The largest absolute Gasteiger partial charge is 0.493 e. The Morgan fingerprint density at radius 1 is 1.11 bits per heavy atom. The number of fused-ring (bicyclic) bond motifs is 2. The lowest BCUT2D eigenvalue weighted by Gasteiger charge is -2.30. The summed E-state index contributed by atoms with van der Waals surface area (Å²) in [5, 5.41) is 17.0. The average molecular weight is 500 g/mol. The SMILES string of the molecule is CCOc1cc2c(cc1C(=O)NC[C@@H](O)[C@@H]1Cc3ccccc3CN1)CN(C(C)c1ccccc1)C2=O. The van der Waals surface area contributed by atoms with Crippen LogP contribution in [0.2, 0.25) is 0 Å². The predicted molar refractivity (Wildman–Crippen MR) is 141 cm³/mol. The summed E-state index contributed by atoms with van der Waals surface area (Å²) in [5.74, 6) is -0.0256. The number of hydrogen-bond donors (Lipinski definition) is 3. The van der Waals surface area contributed by atoms with Crippen molar-refractivity contribution in [2.24, 2.45) is 0 Å². The fraction of sp³-hybridized carbons (Fsp3) is 0.333. The van der Waals surface area contributed by atoms with Crippen molar-refractivity contribution < 1.29 is 19.4 Å². The lowest BCUT2D eigenvalue weighted by molar-refractivity contribution is 0.0715. The van der Waals surface area contributed by atoms with Crippen LogP contribution in [0, 0.1) is 0 Å². The number of aliphatic hydroxyl groups is 1. The first-order chi connectivity index (χ1) is 18.0. The number of hydrogen-bond acceptors (Lipinski definition) is 5. The van der Waals surface area contributed by atoms with Gasteiger partial charge in [-0.25, -0.2) is 0 Å². The molecule has 7 nitrogen and oxygen atoms in total. The number of nitrogens with one attached hydrogen (secondary N) is 2. The van der Waals surface area contributed by atoms with Crippen molar-refractivity contribution in [1.29, 1.82) is 0 Å². The molecule has 192 valence electrons. The molecule has 0 bridgehead atoms. The van der Waals surface area contributed by atoms with Gasteiger partial charge in [0, 0.05) is 31.2 Å². The van der Waals surface area contributed by atoms with E-state index in [4.69, 9.17) is 4.74 Å². The Bertz CT molecular complexity index is 1290. The first-order valence-electron chi connectivity index (χ1n) is 12.9. The maximum absolute atomic E-state index is 13.3. The molecule has 3 aromatic rings. The fourth-order valence-electron chi connectivity index (χ4n) is 5.23. The number of carbonyl (C=O) groups excluding carboxylic acids is 2. The monoisotopic (exact) mass is 499 g/mol. The van der Waals surface area contributed by atoms with Crippen LogP contribution in [0.25, 0.3) is 0 Å². The molecule has 2 amide bonds. The molecule has 3 aromatic carbocycles. The summed E-state index contributed by atoms with van der Waals surface area (Å²) in [6, 6.07) is 21.3. The Morgan fingerprint density at radius 3 is 2.59 bits per heavy atom. The Kier molecular flexibility index (Phi) is 7.26. The van der Waals surface area contributed by atoms with E-state index < -0.39 is 6.10 Å². The molecule has 5 rings (SSSR count). The van der Waals surface area contributed by atoms with Crippen molar-refractivity contribution in [2.45, 2.75) is 51.5 Å². The lowest BCUT2D eigenvalue weighted by atomic mass is 9.93. The molecule has 2 heterocycles. The average Bonchev–Trinajstić information content (AvgIpc) is 3.26. The van der Waals surface area contributed by atoms with Crippen LogP contribution in [0.4, 0.5) is 0 Å². The van der Waals surface area contributed by atoms with E-state index in [2.05, 4.69) is 22.8 Å². The van der Waals surface area contributed by atoms with Gasteiger partial charge in [0.15, 0.2) is 0 Å². The van der Waals surface area contributed by atoms with E-state index in [1.807, 2.05) is 61.2 Å². The van der Waals surface area contributed by atoms with E-state index in [0.717, 1.165) is 11.1 Å². The van der Waals surface area contributed by atoms with Crippen LogP contribution in [-0.4, -0.2) is 47.1 Å². The van der Waals surface area contributed by atoms with Crippen LogP contribution in [0.5, 0.6) is 5.75 Å². The highest BCUT2D eigenvalue weighted by molar-refractivity contribution is 6.03. The molecule has 0 fully saturated rings. The van der Waals surface area contributed by atoms with Gasteiger partial charge in [-0.3, -0.25) is 9.59 Å². The van der Waals surface area contributed by atoms with E-state index in [-0.39, 0.29) is 30.4 Å². The lowest BCUT2D eigenvalue weighted by Crippen LogP contribution is -2.49. The van der Waals surface area contributed by atoms with Crippen molar-refractivity contribution in [1.82, 2.24) is 15.5 Å². The normalized spacial score (nSPS) is 18.1. The summed E-state index contributed by atoms with van der Waals surface area (Å²) in [5.41, 5.74) is 5.24.